The molecule has 0 amide bonds. The van der Waals surface area contributed by atoms with Crippen molar-refractivity contribution in [3.05, 3.63) is 24.0 Å². The van der Waals surface area contributed by atoms with E-state index in [1.165, 1.54) is 0 Å². The summed E-state index contributed by atoms with van der Waals surface area (Å²) in [6.45, 7) is 4.71. The van der Waals surface area contributed by atoms with E-state index in [0.29, 0.717) is 6.61 Å². The lowest BCUT2D eigenvalue weighted by molar-refractivity contribution is -0.0660. The van der Waals surface area contributed by atoms with Gasteiger partial charge in [0.25, 0.3) is 0 Å². The molecule has 0 N–H and O–H groups in total. The van der Waals surface area contributed by atoms with E-state index in [1.54, 1.807) is 6.08 Å². The Morgan fingerprint density at radius 2 is 2.43 bits per heavy atom. The standard InChI is InChI=1S/C12H16O2/c1-3-5-6-7-8-11-9-10-12(14-11)13-4-2/h8-10,12H,3-5H2,1-2H3/b11-8+. The minimum atomic E-state index is -0.223. The summed E-state index contributed by atoms with van der Waals surface area (Å²) in [6.07, 6.45) is 7.36. The summed E-state index contributed by atoms with van der Waals surface area (Å²) < 4.78 is 10.7. The topological polar surface area (TPSA) is 18.5 Å². The molecule has 0 aliphatic carbocycles. The Morgan fingerprint density at radius 1 is 1.57 bits per heavy atom. The Hall–Kier alpha value is -1.20. The van der Waals surface area contributed by atoms with Crippen LogP contribution in [0.2, 0.25) is 0 Å². The van der Waals surface area contributed by atoms with E-state index >= 15 is 0 Å². The van der Waals surface area contributed by atoms with Crippen LogP contribution in [0.15, 0.2) is 24.0 Å². The summed E-state index contributed by atoms with van der Waals surface area (Å²) >= 11 is 0. The first-order chi connectivity index (χ1) is 6.86. The van der Waals surface area contributed by atoms with Gasteiger partial charge in [0.05, 0.1) is 0 Å². The fourth-order valence-corrected chi connectivity index (χ4v) is 1.04. The number of unbranched alkanes of at least 4 members (excludes halogenated alkanes) is 1. The summed E-state index contributed by atoms with van der Waals surface area (Å²) in [5.74, 6) is 6.76. The van der Waals surface area contributed by atoms with Gasteiger partial charge in [0.15, 0.2) is 0 Å². The van der Waals surface area contributed by atoms with E-state index in [2.05, 4.69) is 18.8 Å². The predicted octanol–water partition coefficient (Wildman–Crippen LogP) is 2.62. The van der Waals surface area contributed by atoms with Gasteiger partial charge in [-0.1, -0.05) is 18.8 Å². The van der Waals surface area contributed by atoms with Crippen LogP contribution >= 0.6 is 0 Å². The molecule has 0 aromatic carbocycles. The van der Waals surface area contributed by atoms with Crippen LogP contribution in [0.4, 0.5) is 0 Å². The highest BCUT2D eigenvalue weighted by Crippen LogP contribution is 2.14. The molecule has 0 radical (unpaired) electrons. The molecule has 0 saturated carbocycles. The third kappa shape index (κ3) is 3.68. The Bertz CT molecular complexity index is 278. The maximum Gasteiger partial charge on any atom is 0.220 e. The quantitative estimate of drug-likeness (QED) is 0.640. The molecular formula is C12H16O2. The highest BCUT2D eigenvalue weighted by molar-refractivity contribution is 5.27. The lowest BCUT2D eigenvalue weighted by atomic mass is 10.3. The lowest BCUT2D eigenvalue weighted by Crippen LogP contribution is -2.08. The number of rotatable bonds is 3. The van der Waals surface area contributed by atoms with Gasteiger partial charge in [-0.3, -0.25) is 0 Å². The van der Waals surface area contributed by atoms with E-state index in [1.807, 2.05) is 19.1 Å². The maximum atomic E-state index is 5.41. The molecule has 0 fully saturated rings. The lowest BCUT2D eigenvalue weighted by Gasteiger charge is -2.08. The molecule has 1 rings (SSSR count). The fourth-order valence-electron chi connectivity index (χ4n) is 1.04. The van der Waals surface area contributed by atoms with Gasteiger partial charge >= 0.3 is 0 Å². The van der Waals surface area contributed by atoms with Gasteiger partial charge < -0.3 is 9.47 Å². The van der Waals surface area contributed by atoms with Crippen LogP contribution in [0.5, 0.6) is 0 Å². The highest BCUT2D eigenvalue weighted by atomic mass is 16.7. The van der Waals surface area contributed by atoms with Crippen LogP contribution in [0.1, 0.15) is 26.7 Å². The average molecular weight is 192 g/mol. The summed E-state index contributed by atoms with van der Waals surface area (Å²) in [6, 6.07) is 0. The molecule has 14 heavy (non-hydrogen) atoms. The predicted molar refractivity (Wildman–Crippen MR) is 56.4 cm³/mol. The second kappa shape index (κ2) is 6.28. The van der Waals surface area contributed by atoms with Crippen molar-refractivity contribution in [3.8, 4) is 11.8 Å². The normalized spacial score (nSPS) is 21.9. The molecule has 0 aromatic rings. The smallest absolute Gasteiger partial charge is 0.220 e. The minimum Gasteiger partial charge on any atom is -0.461 e. The monoisotopic (exact) mass is 192 g/mol. The van der Waals surface area contributed by atoms with Crippen LogP contribution < -0.4 is 0 Å². The zero-order valence-electron chi connectivity index (χ0n) is 8.75. The molecule has 1 aliphatic rings. The number of allylic oxidation sites excluding steroid dienone is 2. The van der Waals surface area contributed by atoms with Gasteiger partial charge in [0.2, 0.25) is 6.29 Å². The molecule has 1 heterocycles. The van der Waals surface area contributed by atoms with E-state index in [-0.39, 0.29) is 6.29 Å². The van der Waals surface area contributed by atoms with Crippen molar-refractivity contribution in [2.24, 2.45) is 0 Å². The van der Waals surface area contributed by atoms with Gasteiger partial charge in [-0.25, -0.2) is 0 Å². The van der Waals surface area contributed by atoms with Crippen molar-refractivity contribution in [1.29, 1.82) is 0 Å². The summed E-state index contributed by atoms with van der Waals surface area (Å²) in [5, 5.41) is 0. The van der Waals surface area contributed by atoms with Crippen molar-refractivity contribution in [1.82, 2.24) is 0 Å². The van der Waals surface area contributed by atoms with Gasteiger partial charge in [0, 0.05) is 19.1 Å². The third-order valence-corrected chi connectivity index (χ3v) is 1.69. The average Bonchev–Trinajstić information content (AvgIpc) is 2.61. The van der Waals surface area contributed by atoms with Crippen molar-refractivity contribution in [3.63, 3.8) is 0 Å². The van der Waals surface area contributed by atoms with E-state index < -0.39 is 0 Å². The van der Waals surface area contributed by atoms with Crippen molar-refractivity contribution in [2.45, 2.75) is 33.0 Å². The van der Waals surface area contributed by atoms with Crippen LogP contribution in [0.25, 0.3) is 0 Å². The van der Waals surface area contributed by atoms with Gasteiger partial charge in [-0.2, -0.15) is 0 Å². The molecule has 0 aromatic heterocycles. The highest BCUT2D eigenvalue weighted by Gasteiger charge is 2.12. The fraction of sp³-hybridized carbons (Fsp3) is 0.500. The molecule has 76 valence electrons. The van der Waals surface area contributed by atoms with Crippen LogP contribution in [-0.2, 0) is 9.47 Å². The zero-order chi connectivity index (χ0) is 10.2. The molecule has 1 aliphatic heterocycles. The molecule has 1 atom stereocenters. The molecule has 2 heteroatoms. The van der Waals surface area contributed by atoms with E-state index in [0.717, 1.165) is 18.6 Å². The Morgan fingerprint density at radius 3 is 3.14 bits per heavy atom. The van der Waals surface area contributed by atoms with Crippen LogP contribution in [0.3, 0.4) is 0 Å². The zero-order valence-corrected chi connectivity index (χ0v) is 8.75. The van der Waals surface area contributed by atoms with Gasteiger partial charge in [-0.05, 0) is 25.5 Å². The largest absolute Gasteiger partial charge is 0.461 e. The molecule has 0 saturated heterocycles. The molecule has 0 spiro atoms. The second-order valence-corrected chi connectivity index (χ2v) is 2.92. The molecule has 2 nitrogen and oxygen atoms in total. The third-order valence-electron chi connectivity index (χ3n) is 1.69. The number of hydrogen-bond acceptors (Lipinski definition) is 2. The van der Waals surface area contributed by atoms with Gasteiger partial charge in [-0.15, -0.1) is 0 Å². The molecule has 0 bridgehead atoms. The second-order valence-electron chi connectivity index (χ2n) is 2.92. The first-order valence-corrected chi connectivity index (χ1v) is 5.01. The number of hydrogen-bond donors (Lipinski definition) is 0. The van der Waals surface area contributed by atoms with Crippen molar-refractivity contribution in [2.75, 3.05) is 6.61 Å². The maximum absolute atomic E-state index is 5.41. The Balaban J connectivity index is 2.36. The van der Waals surface area contributed by atoms with Gasteiger partial charge in [0.1, 0.15) is 5.76 Å². The van der Waals surface area contributed by atoms with Crippen molar-refractivity contribution < 1.29 is 9.47 Å². The Kier molecular flexibility index (Phi) is 4.88. The summed E-state index contributed by atoms with van der Waals surface area (Å²) in [4.78, 5) is 0. The summed E-state index contributed by atoms with van der Waals surface area (Å²) in [7, 11) is 0. The first kappa shape index (κ1) is 10.9. The Labute approximate surface area is 85.6 Å². The molecule has 1 unspecified atom stereocenters. The molecular weight excluding hydrogens is 176 g/mol. The minimum absolute atomic E-state index is 0.223. The number of ether oxygens (including phenoxy) is 2. The van der Waals surface area contributed by atoms with Crippen LogP contribution in [-0.4, -0.2) is 12.9 Å². The van der Waals surface area contributed by atoms with E-state index in [9.17, 15) is 0 Å². The summed E-state index contributed by atoms with van der Waals surface area (Å²) in [5.41, 5.74) is 0. The van der Waals surface area contributed by atoms with Crippen molar-refractivity contribution >= 4 is 0 Å². The van der Waals surface area contributed by atoms with E-state index in [4.69, 9.17) is 9.47 Å². The first-order valence-electron chi connectivity index (χ1n) is 5.01. The van der Waals surface area contributed by atoms with Crippen LogP contribution in [0, 0.1) is 11.8 Å². The SMILES string of the molecule is CCCC#C/C=C1\C=CC(OCC)O1.